The van der Waals surface area contributed by atoms with E-state index in [1.807, 2.05) is 83.8 Å². The van der Waals surface area contributed by atoms with Gasteiger partial charge in [0.1, 0.15) is 0 Å². The summed E-state index contributed by atoms with van der Waals surface area (Å²) in [5.41, 5.74) is 3.30. The van der Waals surface area contributed by atoms with Gasteiger partial charge in [-0.3, -0.25) is 4.79 Å². The minimum Gasteiger partial charge on any atom is -0.361 e. The van der Waals surface area contributed by atoms with Crippen molar-refractivity contribution in [2.24, 2.45) is 0 Å². The fraction of sp³-hybridized carbons (Fsp3) is 0.138. The molecule has 0 radical (unpaired) electrons. The summed E-state index contributed by atoms with van der Waals surface area (Å²) in [5, 5.41) is 14.3. The molecule has 1 unspecified atom stereocenters. The Morgan fingerprint density at radius 3 is 2.29 bits per heavy atom. The average molecular weight is 511 g/mol. The normalized spacial score (nSPS) is 17.6. The quantitative estimate of drug-likeness (QED) is 0.295. The van der Waals surface area contributed by atoms with Gasteiger partial charge in [-0.2, -0.15) is 0 Å². The van der Waals surface area contributed by atoms with E-state index in [0.717, 1.165) is 44.1 Å². The SMILES string of the molecule is CCn1c2ccccc2c2c3c(ccc21)C(=O)C(O)(c1ccc(Br)cc1)N3Cc1ccccc1. The first-order valence-corrected chi connectivity index (χ1v) is 12.2. The lowest BCUT2D eigenvalue weighted by Gasteiger charge is -2.35. The number of para-hydroxylation sites is 1. The van der Waals surface area contributed by atoms with Gasteiger partial charge >= 0.3 is 0 Å². The highest BCUT2D eigenvalue weighted by atomic mass is 79.9. The van der Waals surface area contributed by atoms with Crippen LogP contribution in [0.15, 0.2) is 95.5 Å². The number of aliphatic hydroxyl groups is 1. The molecule has 1 aliphatic heterocycles. The number of hydrogen-bond acceptors (Lipinski definition) is 3. The number of aryl methyl sites for hydroxylation is 1. The first-order chi connectivity index (χ1) is 16.5. The number of nitrogens with zero attached hydrogens (tertiary/aromatic N) is 2. The van der Waals surface area contributed by atoms with Crippen LogP contribution in [0.2, 0.25) is 0 Å². The Morgan fingerprint density at radius 2 is 1.56 bits per heavy atom. The highest BCUT2D eigenvalue weighted by Crippen LogP contribution is 2.50. The number of hydrogen-bond donors (Lipinski definition) is 1. The fourth-order valence-corrected chi connectivity index (χ4v) is 5.59. The van der Waals surface area contributed by atoms with Crippen LogP contribution in [0.5, 0.6) is 0 Å². The van der Waals surface area contributed by atoms with Crippen LogP contribution in [0, 0.1) is 0 Å². The largest absolute Gasteiger partial charge is 0.361 e. The van der Waals surface area contributed by atoms with E-state index in [9.17, 15) is 9.90 Å². The molecular weight excluding hydrogens is 488 g/mol. The number of carbonyl (C=O) groups is 1. The summed E-state index contributed by atoms with van der Waals surface area (Å²) in [7, 11) is 0. The summed E-state index contributed by atoms with van der Waals surface area (Å²) in [4.78, 5) is 15.8. The van der Waals surface area contributed by atoms with Crippen molar-refractivity contribution in [3.8, 4) is 0 Å². The first kappa shape index (κ1) is 21.1. The van der Waals surface area contributed by atoms with E-state index >= 15 is 0 Å². The third-order valence-electron chi connectivity index (χ3n) is 6.88. The van der Waals surface area contributed by atoms with Crippen molar-refractivity contribution >= 4 is 49.2 Å². The molecular formula is C29H23BrN2O2. The van der Waals surface area contributed by atoms with Gasteiger partial charge in [0.15, 0.2) is 0 Å². The second-order valence-corrected chi connectivity index (χ2v) is 9.61. The average Bonchev–Trinajstić information content (AvgIpc) is 3.30. The zero-order chi connectivity index (χ0) is 23.4. The second-order valence-electron chi connectivity index (χ2n) is 8.70. The van der Waals surface area contributed by atoms with Crippen LogP contribution in [-0.2, 0) is 18.8 Å². The van der Waals surface area contributed by atoms with E-state index in [1.54, 1.807) is 0 Å². The van der Waals surface area contributed by atoms with Crippen molar-refractivity contribution in [3.05, 3.63) is 112 Å². The number of benzene rings is 4. The van der Waals surface area contributed by atoms with Crippen LogP contribution in [0.1, 0.15) is 28.4 Å². The smallest absolute Gasteiger partial charge is 0.230 e. The molecule has 0 aliphatic carbocycles. The molecule has 6 rings (SSSR count). The van der Waals surface area contributed by atoms with Gasteiger partial charge < -0.3 is 14.6 Å². The van der Waals surface area contributed by atoms with Gasteiger partial charge in [0.2, 0.25) is 11.5 Å². The van der Waals surface area contributed by atoms with Crippen molar-refractivity contribution in [3.63, 3.8) is 0 Å². The molecule has 5 heteroatoms. The topological polar surface area (TPSA) is 45.5 Å². The number of rotatable bonds is 4. The predicted molar refractivity (Wildman–Crippen MR) is 140 cm³/mol. The van der Waals surface area contributed by atoms with Crippen molar-refractivity contribution in [1.82, 2.24) is 4.57 Å². The van der Waals surface area contributed by atoms with Crippen molar-refractivity contribution in [2.75, 3.05) is 4.90 Å². The van der Waals surface area contributed by atoms with Gasteiger partial charge in [-0.1, -0.05) is 76.6 Å². The Bertz CT molecular complexity index is 1560. The van der Waals surface area contributed by atoms with E-state index in [0.29, 0.717) is 17.7 Å². The van der Waals surface area contributed by atoms with E-state index in [-0.39, 0.29) is 5.78 Å². The maximum atomic E-state index is 14.0. The van der Waals surface area contributed by atoms with Crippen LogP contribution in [0.25, 0.3) is 21.8 Å². The maximum absolute atomic E-state index is 14.0. The summed E-state index contributed by atoms with van der Waals surface area (Å²) in [6.07, 6.45) is 0. The Kier molecular flexibility index (Phi) is 4.87. The highest BCUT2D eigenvalue weighted by Gasteiger charge is 2.52. The Labute approximate surface area is 206 Å². The molecule has 4 aromatic carbocycles. The Hall–Kier alpha value is -3.41. The van der Waals surface area contributed by atoms with Crippen molar-refractivity contribution < 1.29 is 9.90 Å². The molecule has 1 aromatic heterocycles. The molecule has 1 aliphatic rings. The molecule has 0 saturated heterocycles. The number of fused-ring (bicyclic) bond motifs is 5. The lowest BCUT2D eigenvalue weighted by Crippen LogP contribution is -2.47. The molecule has 4 nitrogen and oxygen atoms in total. The van der Waals surface area contributed by atoms with E-state index in [1.165, 1.54) is 0 Å². The van der Waals surface area contributed by atoms with Crippen molar-refractivity contribution in [2.45, 2.75) is 25.7 Å². The zero-order valence-corrected chi connectivity index (χ0v) is 20.3. The second kappa shape index (κ2) is 7.83. The van der Waals surface area contributed by atoms with Gasteiger partial charge in [0.05, 0.1) is 11.2 Å². The third kappa shape index (κ3) is 2.90. The minimum absolute atomic E-state index is 0.295. The minimum atomic E-state index is -1.80. The summed E-state index contributed by atoms with van der Waals surface area (Å²) in [5.74, 6) is -0.295. The Morgan fingerprint density at radius 1 is 0.853 bits per heavy atom. The molecule has 2 heterocycles. The summed E-state index contributed by atoms with van der Waals surface area (Å²) >= 11 is 3.47. The molecule has 0 amide bonds. The highest BCUT2D eigenvalue weighted by molar-refractivity contribution is 9.10. The summed E-state index contributed by atoms with van der Waals surface area (Å²) in [6.45, 7) is 3.34. The standard InChI is InChI=1S/C29H23BrN2O2/c1-2-31-24-11-7-6-10-22(24)26-25(31)17-16-23-27(26)32(18-19-8-4-3-5-9-19)29(34,28(23)33)20-12-14-21(30)15-13-20/h3-17,34H,2,18H2,1H3. The van der Waals surface area contributed by atoms with E-state index in [2.05, 4.69) is 39.6 Å². The Balaban J connectivity index is 1.69. The van der Waals surface area contributed by atoms with Crippen LogP contribution in [0.3, 0.4) is 0 Å². The number of halogens is 1. The van der Waals surface area contributed by atoms with Gasteiger partial charge in [0, 0.05) is 45.0 Å². The molecule has 1 N–H and O–H groups in total. The molecule has 34 heavy (non-hydrogen) atoms. The van der Waals surface area contributed by atoms with Crippen LogP contribution < -0.4 is 4.90 Å². The van der Waals surface area contributed by atoms with Crippen molar-refractivity contribution in [1.29, 1.82) is 0 Å². The summed E-state index contributed by atoms with van der Waals surface area (Å²) < 4.78 is 3.17. The monoisotopic (exact) mass is 510 g/mol. The number of aromatic nitrogens is 1. The summed E-state index contributed by atoms with van der Waals surface area (Å²) in [6, 6.07) is 29.5. The molecule has 168 valence electrons. The molecule has 1 atom stereocenters. The van der Waals surface area contributed by atoms with Gasteiger partial charge in [-0.05, 0) is 42.8 Å². The molecule has 0 saturated carbocycles. The number of Topliss-reactive ketones (excluding diaryl/α,β-unsaturated/α-hetero) is 1. The third-order valence-corrected chi connectivity index (χ3v) is 7.41. The number of carbonyl (C=O) groups excluding carboxylic acids is 1. The lowest BCUT2D eigenvalue weighted by molar-refractivity contribution is 0.0320. The zero-order valence-electron chi connectivity index (χ0n) is 18.7. The van der Waals surface area contributed by atoms with Gasteiger partial charge in [-0.25, -0.2) is 0 Å². The van der Waals surface area contributed by atoms with Crippen LogP contribution in [0.4, 0.5) is 5.69 Å². The van der Waals surface area contributed by atoms with Gasteiger partial charge in [0.25, 0.3) is 0 Å². The number of ketones is 1. The molecule has 5 aromatic rings. The van der Waals surface area contributed by atoms with E-state index in [4.69, 9.17) is 0 Å². The molecule has 0 spiro atoms. The first-order valence-electron chi connectivity index (χ1n) is 11.4. The predicted octanol–water partition coefficient (Wildman–Crippen LogP) is 6.63. The van der Waals surface area contributed by atoms with Crippen LogP contribution >= 0.6 is 15.9 Å². The molecule has 0 bridgehead atoms. The lowest BCUT2D eigenvalue weighted by atomic mass is 9.96. The van der Waals surface area contributed by atoms with Gasteiger partial charge in [-0.15, -0.1) is 0 Å². The maximum Gasteiger partial charge on any atom is 0.230 e. The molecule has 0 fully saturated rings. The number of anilines is 1. The fourth-order valence-electron chi connectivity index (χ4n) is 5.33. The van der Waals surface area contributed by atoms with E-state index < -0.39 is 5.72 Å². The van der Waals surface area contributed by atoms with Crippen LogP contribution in [-0.4, -0.2) is 15.5 Å².